The van der Waals surface area contributed by atoms with Gasteiger partial charge in [0.25, 0.3) is 8.32 Å². The lowest BCUT2D eigenvalue weighted by Gasteiger charge is -2.48. The van der Waals surface area contributed by atoms with Gasteiger partial charge in [0, 0.05) is 3.92 Å². The van der Waals surface area contributed by atoms with Gasteiger partial charge in [-0.25, -0.2) is 0 Å². The fraction of sp³-hybridized carbons (Fsp3) is 0.320. The molecule has 0 radical (unpaired) electrons. The lowest BCUT2D eigenvalue weighted by atomic mass is 9.97. The highest BCUT2D eigenvalue weighted by Crippen LogP contribution is 2.39. The minimum Gasteiger partial charge on any atom is -0.462 e. The smallest absolute Gasteiger partial charge is 0.261 e. The summed E-state index contributed by atoms with van der Waals surface area (Å²) < 4.78 is 43.0. The van der Waals surface area contributed by atoms with Crippen LogP contribution < -0.4 is 10.4 Å². The van der Waals surface area contributed by atoms with Crippen LogP contribution in [0.1, 0.15) is 44.4 Å². The quantitative estimate of drug-likeness (QED) is 0.0559. The molecule has 1 heterocycles. The molecule has 0 saturated carbocycles. The van der Waals surface area contributed by atoms with Crippen molar-refractivity contribution in [2.45, 2.75) is 87.2 Å². The zero-order valence-corrected chi connectivity index (χ0v) is 37.0. The van der Waals surface area contributed by atoms with Gasteiger partial charge in [-0.2, -0.15) is 0 Å². The van der Waals surface area contributed by atoms with Gasteiger partial charge in [-0.15, -0.1) is 0 Å². The van der Waals surface area contributed by atoms with Gasteiger partial charge in [0.15, 0.2) is 0 Å². The number of hydrogen-bond donors (Lipinski definition) is 0. The van der Waals surface area contributed by atoms with Crippen molar-refractivity contribution in [1.29, 1.82) is 0 Å². The maximum Gasteiger partial charge on any atom is 0.261 e. The molecule has 1 aliphatic heterocycles. The van der Waals surface area contributed by atoms with Gasteiger partial charge in [-0.3, -0.25) is 0 Å². The maximum atomic E-state index is 7.59. The minimum absolute atomic E-state index is 0.240. The Morgan fingerprint density at radius 1 is 0.586 bits per heavy atom. The normalized spacial score (nSPS) is 23.6. The average molecular weight is 907 g/mol. The van der Waals surface area contributed by atoms with E-state index in [1.165, 1.54) is 10.4 Å². The maximum absolute atomic E-state index is 7.59. The zero-order chi connectivity index (χ0) is 40.4. The van der Waals surface area contributed by atoms with Crippen molar-refractivity contribution in [3.63, 3.8) is 0 Å². The molecule has 302 valence electrons. The fourth-order valence-corrected chi connectivity index (χ4v) is 12.9. The molecule has 5 aromatic carbocycles. The van der Waals surface area contributed by atoms with Crippen LogP contribution in [0, 0.1) is 5.92 Å². The van der Waals surface area contributed by atoms with Crippen molar-refractivity contribution < 1.29 is 28.1 Å². The molecule has 0 amide bonds. The lowest BCUT2D eigenvalue weighted by molar-refractivity contribution is -0.317. The summed E-state index contributed by atoms with van der Waals surface area (Å²) in [6.07, 6.45) is 3.13. The van der Waals surface area contributed by atoms with E-state index in [1.54, 1.807) is 0 Å². The summed E-state index contributed by atoms with van der Waals surface area (Å²) in [5.74, 6) is 1.03. The van der Waals surface area contributed by atoms with E-state index in [0.717, 1.165) is 22.4 Å². The summed E-state index contributed by atoms with van der Waals surface area (Å²) in [5, 5.41) is 2.15. The highest BCUT2D eigenvalue weighted by atomic mass is 127. The van der Waals surface area contributed by atoms with E-state index in [0.29, 0.717) is 23.7 Å². The molecule has 8 heteroatoms. The summed E-state index contributed by atoms with van der Waals surface area (Å²) in [4.78, 5) is 0. The number of alkyl halides is 1. The first-order chi connectivity index (χ1) is 28.2. The third-order valence-electron chi connectivity index (χ3n) is 11.0. The summed E-state index contributed by atoms with van der Waals surface area (Å²) in [6, 6.07) is 52.1. The Hall–Kier alpha value is -3.87. The molecule has 5 aromatic rings. The Bertz CT molecular complexity index is 2000. The molecule has 1 fully saturated rings. The molecule has 0 N–H and O–H groups in total. The van der Waals surface area contributed by atoms with Gasteiger partial charge in [0.1, 0.15) is 30.2 Å². The van der Waals surface area contributed by atoms with E-state index in [1.807, 2.05) is 60.7 Å². The van der Waals surface area contributed by atoms with Gasteiger partial charge in [0.05, 0.1) is 26.4 Å². The molecule has 2 unspecified atom stereocenters. The number of benzene rings is 5. The van der Waals surface area contributed by atoms with Crippen LogP contribution in [0.15, 0.2) is 176 Å². The number of hydrogen-bond acceptors (Lipinski definition) is 6. The molecule has 2 aliphatic rings. The zero-order valence-electron chi connectivity index (χ0n) is 33.9. The molecule has 58 heavy (non-hydrogen) atoms. The Kier molecular flexibility index (Phi) is 14.5. The van der Waals surface area contributed by atoms with Crippen LogP contribution in [0.3, 0.4) is 0 Å². The monoisotopic (exact) mass is 906 g/mol. The largest absolute Gasteiger partial charge is 0.462 e. The van der Waals surface area contributed by atoms with Gasteiger partial charge in [0.2, 0.25) is 6.29 Å². The van der Waals surface area contributed by atoms with E-state index in [9.17, 15) is 0 Å². The van der Waals surface area contributed by atoms with Crippen molar-refractivity contribution in [2.24, 2.45) is 5.92 Å². The average Bonchev–Trinajstić information content (AvgIpc) is 3.25. The van der Waals surface area contributed by atoms with Crippen LogP contribution in [-0.2, 0) is 47.9 Å². The first-order valence-electron chi connectivity index (χ1n) is 20.3. The molecule has 0 aromatic heterocycles. The molecule has 1 aliphatic carbocycles. The first-order valence-corrected chi connectivity index (χ1v) is 23.4. The van der Waals surface area contributed by atoms with Crippen molar-refractivity contribution in [2.75, 3.05) is 6.61 Å². The molecule has 7 rings (SSSR count). The van der Waals surface area contributed by atoms with E-state index < -0.39 is 39.0 Å². The summed E-state index contributed by atoms with van der Waals surface area (Å²) >= 11 is 2.47. The molecule has 6 nitrogen and oxygen atoms in total. The molecule has 0 spiro atoms. The topological polar surface area (TPSA) is 55.4 Å². The van der Waals surface area contributed by atoms with Gasteiger partial charge in [-0.1, -0.05) is 208 Å². The van der Waals surface area contributed by atoms with Crippen molar-refractivity contribution in [3.05, 3.63) is 192 Å². The van der Waals surface area contributed by atoms with E-state index >= 15 is 0 Å². The number of halogens is 1. The first kappa shape index (κ1) is 42.3. The number of allylic oxidation sites excluding steroid dienone is 3. The van der Waals surface area contributed by atoms with E-state index in [-0.39, 0.29) is 17.6 Å². The highest BCUT2D eigenvalue weighted by molar-refractivity contribution is 14.1. The van der Waals surface area contributed by atoms with Crippen molar-refractivity contribution >= 4 is 41.3 Å². The lowest BCUT2D eigenvalue weighted by Crippen LogP contribution is -2.68. The predicted octanol–water partition coefficient (Wildman–Crippen LogP) is 9.95. The second-order valence-electron chi connectivity index (χ2n) is 16.2. The second kappa shape index (κ2) is 19.9. The third kappa shape index (κ3) is 10.3. The van der Waals surface area contributed by atoms with Crippen LogP contribution >= 0.6 is 22.6 Å². The summed E-state index contributed by atoms with van der Waals surface area (Å²) in [7, 11) is -2.97. The molecular weight excluding hydrogens is 852 g/mol. The molecule has 7 atom stereocenters. The van der Waals surface area contributed by atoms with E-state index in [2.05, 4.69) is 159 Å². The third-order valence-corrected chi connectivity index (χ3v) is 17.5. The Morgan fingerprint density at radius 2 is 1.02 bits per heavy atom. The highest BCUT2D eigenvalue weighted by Gasteiger charge is 2.54. The molecule has 0 bridgehead atoms. The molecule has 1 saturated heterocycles. The van der Waals surface area contributed by atoms with Crippen LogP contribution in [-0.4, -0.2) is 49.6 Å². The fourth-order valence-electron chi connectivity index (χ4n) is 7.92. The standard InChI is InChI=1S/C50H55IO6Si/c1-37-32-41(30-31-44(37)51)56-49-48(54-35-40-24-14-7-15-25-40)47(53-34-39-22-12-6-13-23-39)46(52-33-38-20-10-5-11-21-38)45(57-49)36-55-58(50(2,3)4,42-26-16-8-17-27-42)43-28-18-9-19-29-43/h5-32,37,44-49H,33-36H2,1-4H3/t37?,44?,45-,46-,47+,48+,49+/m1/s1. The van der Waals surface area contributed by atoms with Crippen LogP contribution in [0.4, 0.5) is 0 Å². The van der Waals surface area contributed by atoms with Gasteiger partial charge in [-0.05, 0) is 50.2 Å². The Labute approximate surface area is 359 Å². The van der Waals surface area contributed by atoms with Crippen LogP contribution in [0.5, 0.6) is 0 Å². The Morgan fingerprint density at radius 3 is 1.47 bits per heavy atom. The number of ether oxygens (including phenoxy) is 5. The molecular formula is C50H55IO6Si. The van der Waals surface area contributed by atoms with Gasteiger partial charge < -0.3 is 28.1 Å². The minimum atomic E-state index is -2.97. The van der Waals surface area contributed by atoms with Crippen LogP contribution in [0.25, 0.3) is 0 Å². The van der Waals surface area contributed by atoms with Crippen molar-refractivity contribution in [3.8, 4) is 0 Å². The van der Waals surface area contributed by atoms with E-state index in [4.69, 9.17) is 28.1 Å². The van der Waals surface area contributed by atoms with Gasteiger partial charge >= 0.3 is 0 Å². The van der Waals surface area contributed by atoms with Crippen molar-refractivity contribution in [1.82, 2.24) is 0 Å². The summed E-state index contributed by atoms with van der Waals surface area (Å²) in [6.45, 7) is 10.4. The predicted molar refractivity (Wildman–Crippen MR) is 243 cm³/mol. The Balaban J connectivity index is 1.31. The summed E-state index contributed by atoms with van der Waals surface area (Å²) in [5.41, 5.74) is 3.14. The SMILES string of the molecule is CC1C=C(O[C@H]2O[C@H](CO[Si](c3ccccc3)(c3ccccc3)C(C)(C)C)[C@@H](OCc3ccccc3)[C@H](OCc3ccccc3)[C@@H]2OCc2ccccc2)C=CC1I. The van der Waals surface area contributed by atoms with Crippen LogP contribution in [0.2, 0.25) is 5.04 Å². The number of rotatable bonds is 16. The second-order valence-corrected chi connectivity index (χ2v) is 21.9.